The summed E-state index contributed by atoms with van der Waals surface area (Å²) in [4.78, 5) is 13.4. The summed E-state index contributed by atoms with van der Waals surface area (Å²) in [6.07, 6.45) is 1.02. The first-order valence-corrected chi connectivity index (χ1v) is 4.05. The van der Waals surface area contributed by atoms with Crippen LogP contribution in [0.15, 0.2) is 4.79 Å². The molecule has 0 aromatic carbocycles. The zero-order valence-electron chi connectivity index (χ0n) is 7.32. The number of aromatic nitrogens is 3. The van der Waals surface area contributed by atoms with Crippen LogP contribution in [0.5, 0.6) is 0 Å². The Morgan fingerprint density at radius 3 is 2.75 bits per heavy atom. The fourth-order valence-electron chi connectivity index (χ4n) is 1.54. The van der Waals surface area contributed by atoms with E-state index < -0.39 is 0 Å². The standard InChI is InChI=1S/C7H12N4O/c1-9-4-3-5-11-6(9)8-10(2)7(11)12/h3-5H2,1-2H3. The summed E-state index contributed by atoms with van der Waals surface area (Å²) in [5.41, 5.74) is -0.0171. The molecule has 2 heterocycles. The molecule has 12 heavy (non-hydrogen) atoms. The van der Waals surface area contributed by atoms with Crippen molar-refractivity contribution in [3.05, 3.63) is 10.5 Å². The van der Waals surface area contributed by atoms with E-state index >= 15 is 0 Å². The van der Waals surface area contributed by atoms with Gasteiger partial charge < -0.3 is 4.90 Å². The molecule has 2 rings (SSSR count). The second-order valence-electron chi connectivity index (χ2n) is 3.13. The average molecular weight is 168 g/mol. The molecule has 0 amide bonds. The minimum Gasteiger partial charge on any atom is -0.344 e. The Bertz CT molecular complexity index is 351. The van der Waals surface area contributed by atoms with Gasteiger partial charge in [-0.3, -0.25) is 4.57 Å². The van der Waals surface area contributed by atoms with Gasteiger partial charge in [0.1, 0.15) is 0 Å². The predicted octanol–water partition coefficient (Wildman–Crippen LogP) is -0.578. The molecule has 0 unspecified atom stereocenters. The lowest BCUT2D eigenvalue weighted by Crippen LogP contribution is -2.32. The third-order valence-corrected chi connectivity index (χ3v) is 2.21. The second kappa shape index (κ2) is 2.36. The van der Waals surface area contributed by atoms with Crippen LogP contribution in [0.4, 0.5) is 5.95 Å². The van der Waals surface area contributed by atoms with Gasteiger partial charge in [0.05, 0.1) is 0 Å². The summed E-state index contributed by atoms with van der Waals surface area (Å²) in [5, 5.41) is 4.12. The maximum atomic E-state index is 11.4. The fourth-order valence-corrected chi connectivity index (χ4v) is 1.54. The monoisotopic (exact) mass is 168 g/mol. The molecule has 1 aromatic rings. The minimum atomic E-state index is -0.0171. The first-order chi connectivity index (χ1) is 5.70. The minimum absolute atomic E-state index is 0.0171. The maximum absolute atomic E-state index is 11.4. The van der Waals surface area contributed by atoms with E-state index in [0.717, 1.165) is 25.5 Å². The van der Waals surface area contributed by atoms with Crippen LogP contribution in [-0.2, 0) is 13.6 Å². The van der Waals surface area contributed by atoms with Crippen molar-refractivity contribution in [1.29, 1.82) is 0 Å². The normalized spacial score (nSPS) is 16.3. The zero-order chi connectivity index (χ0) is 8.72. The second-order valence-corrected chi connectivity index (χ2v) is 3.13. The van der Waals surface area contributed by atoms with Crippen LogP contribution in [0.25, 0.3) is 0 Å². The van der Waals surface area contributed by atoms with Gasteiger partial charge in [-0.2, -0.15) is 0 Å². The van der Waals surface area contributed by atoms with Crippen LogP contribution in [-0.4, -0.2) is 27.9 Å². The van der Waals surface area contributed by atoms with Crippen LogP contribution in [0.3, 0.4) is 0 Å². The summed E-state index contributed by atoms with van der Waals surface area (Å²) in [5.74, 6) is 0.786. The molecule has 0 saturated carbocycles. The summed E-state index contributed by atoms with van der Waals surface area (Å²) >= 11 is 0. The summed E-state index contributed by atoms with van der Waals surface area (Å²) in [6, 6.07) is 0. The largest absolute Gasteiger partial charge is 0.347 e. The van der Waals surface area contributed by atoms with Crippen molar-refractivity contribution in [3.8, 4) is 0 Å². The van der Waals surface area contributed by atoms with Gasteiger partial charge in [0.15, 0.2) is 0 Å². The van der Waals surface area contributed by atoms with E-state index in [0.29, 0.717) is 0 Å². The van der Waals surface area contributed by atoms with E-state index in [9.17, 15) is 4.79 Å². The van der Waals surface area contributed by atoms with Gasteiger partial charge in [-0.15, -0.1) is 5.10 Å². The van der Waals surface area contributed by atoms with Gasteiger partial charge in [0.25, 0.3) is 0 Å². The number of aryl methyl sites for hydroxylation is 1. The Kier molecular flexibility index (Phi) is 1.46. The van der Waals surface area contributed by atoms with Crippen LogP contribution in [0.1, 0.15) is 6.42 Å². The van der Waals surface area contributed by atoms with Crippen molar-refractivity contribution in [2.24, 2.45) is 7.05 Å². The summed E-state index contributed by atoms with van der Waals surface area (Å²) < 4.78 is 3.10. The van der Waals surface area contributed by atoms with E-state index in [-0.39, 0.29) is 5.69 Å². The van der Waals surface area contributed by atoms with Gasteiger partial charge in [-0.1, -0.05) is 0 Å². The van der Waals surface area contributed by atoms with Crippen molar-refractivity contribution < 1.29 is 0 Å². The molecule has 1 aliphatic heterocycles. The number of fused-ring (bicyclic) bond motifs is 1. The number of nitrogens with zero attached hydrogens (tertiary/aromatic N) is 4. The highest BCUT2D eigenvalue weighted by atomic mass is 16.2. The van der Waals surface area contributed by atoms with E-state index in [1.807, 2.05) is 11.9 Å². The van der Waals surface area contributed by atoms with Crippen molar-refractivity contribution in [2.75, 3.05) is 18.5 Å². The Balaban J connectivity index is 2.60. The lowest BCUT2D eigenvalue weighted by atomic mass is 10.3. The molecular weight excluding hydrogens is 156 g/mol. The lowest BCUT2D eigenvalue weighted by Gasteiger charge is -2.22. The topological polar surface area (TPSA) is 43.1 Å². The molecule has 5 heteroatoms. The lowest BCUT2D eigenvalue weighted by molar-refractivity contribution is 0.563. The van der Waals surface area contributed by atoms with Gasteiger partial charge in [-0.25, -0.2) is 9.48 Å². The van der Waals surface area contributed by atoms with E-state index in [1.165, 1.54) is 4.68 Å². The Hall–Kier alpha value is -1.26. The first kappa shape index (κ1) is 7.39. The molecule has 0 spiro atoms. The first-order valence-electron chi connectivity index (χ1n) is 4.05. The highest BCUT2D eigenvalue weighted by Gasteiger charge is 2.18. The van der Waals surface area contributed by atoms with Gasteiger partial charge in [-0.05, 0) is 6.42 Å². The molecule has 0 N–H and O–H groups in total. The molecule has 0 radical (unpaired) electrons. The maximum Gasteiger partial charge on any atom is 0.347 e. The van der Waals surface area contributed by atoms with E-state index in [4.69, 9.17) is 0 Å². The van der Waals surface area contributed by atoms with E-state index in [1.54, 1.807) is 11.6 Å². The van der Waals surface area contributed by atoms with Crippen LogP contribution < -0.4 is 10.6 Å². The molecule has 5 nitrogen and oxygen atoms in total. The molecule has 0 bridgehead atoms. The van der Waals surface area contributed by atoms with Crippen LogP contribution >= 0.6 is 0 Å². The van der Waals surface area contributed by atoms with Crippen molar-refractivity contribution >= 4 is 5.95 Å². The molecule has 0 saturated heterocycles. The third kappa shape index (κ3) is 0.855. The van der Waals surface area contributed by atoms with Gasteiger partial charge >= 0.3 is 5.69 Å². The van der Waals surface area contributed by atoms with Crippen molar-refractivity contribution in [2.45, 2.75) is 13.0 Å². The van der Waals surface area contributed by atoms with Crippen molar-refractivity contribution in [3.63, 3.8) is 0 Å². The highest BCUT2D eigenvalue weighted by molar-refractivity contribution is 5.29. The predicted molar refractivity (Wildman–Crippen MR) is 45.4 cm³/mol. The number of anilines is 1. The van der Waals surface area contributed by atoms with E-state index in [2.05, 4.69) is 5.10 Å². The molecular formula is C7H12N4O. The SMILES string of the molecule is CN1CCCn2c1nn(C)c2=O. The van der Waals surface area contributed by atoms with Crippen LogP contribution in [0, 0.1) is 0 Å². The average Bonchev–Trinajstić information content (AvgIpc) is 2.32. The van der Waals surface area contributed by atoms with Gasteiger partial charge in [0, 0.05) is 27.2 Å². The van der Waals surface area contributed by atoms with Gasteiger partial charge in [0.2, 0.25) is 5.95 Å². The molecule has 0 fully saturated rings. The number of hydrogen-bond donors (Lipinski definition) is 0. The summed E-state index contributed by atoms with van der Waals surface area (Å²) in [6.45, 7) is 1.78. The molecule has 0 atom stereocenters. The fraction of sp³-hybridized carbons (Fsp3) is 0.714. The number of hydrogen-bond acceptors (Lipinski definition) is 3. The molecule has 1 aromatic heterocycles. The smallest absolute Gasteiger partial charge is 0.344 e. The molecule has 66 valence electrons. The summed E-state index contributed by atoms with van der Waals surface area (Å²) in [7, 11) is 3.64. The molecule has 1 aliphatic rings. The highest BCUT2D eigenvalue weighted by Crippen LogP contribution is 2.12. The number of rotatable bonds is 0. The van der Waals surface area contributed by atoms with Crippen molar-refractivity contribution in [1.82, 2.24) is 14.3 Å². The quantitative estimate of drug-likeness (QED) is 0.520. The zero-order valence-corrected chi connectivity index (χ0v) is 7.32. The Morgan fingerprint density at radius 2 is 2.08 bits per heavy atom. The Labute approximate surface area is 70.2 Å². The van der Waals surface area contributed by atoms with Crippen LogP contribution in [0.2, 0.25) is 0 Å². The third-order valence-electron chi connectivity index (χ3n) is 2.21. The Morgan fingerprint density at radius 1 is 1.33 bits per heavy atom. The molecule has 0 aliphatic carbocycles.